The second-order valence-electron chi connectivity index (χ2n) is 10.2. The molecule has 3 aromatic carbocycles. The van der Waals surface area contributed by atoms with Gasteiger partial charge in [-0.05, 0) is 66.8 Å². The van der Waals surface area contributed by atoms with Crippen molar-refractivity contribution in [3.05, 3.63) is 100 Å². The molecule has 1 saturated heterocycles. The second-order valence-corrected chi connectivity index (χ2v) is 10.2. The Hall–Kier alpha value is -4.34. The van der Waals surface area contributed by atoms with Crippen LogP contribution in [-0.2, 0) is 14.9 Å². The van der Waals surface area contributed by atoms with Crippen LogP contribution in [0.4, 0.5) is 23.7 Å². The molecule has 208 valence electrons. The number of benzene rings is 3. The predicted molar refractivity (Wildman–Crippen MR) is 141 cm³/mol. The molecule has 1 spiro atoms. The third-order valence-corrected chi connectivity index (χ3v) is 7.79. The van der Waals surface area contributed by atoms with Crippen molar-refractivity contribution in [1.29, 1.82) is 0 Å². The Labute approximate surface area is 229 Å². The first-order valence-corrected chi connectivity index (χ1v) is 12.9. The van der Waals surface area contributed by atoms with E-state index in [2.05, 4.69) is 5.32 Å². The number of hydrogen-bond donors (Lipinski definition) is 1. The minimum Gasteiger partial charge on any atom is -0.453 e. The molecule has 1 atom stereocenters. The van der Waals surface area contributed by atoms with Gasteiger partial charge in [0.15, 0.2) is 11.6 Å². The average Bonchev–Trinajstić information content (AvgIpc) is 3.26. The standard InChI is InChI=1S/C30H28F3N3O4/c1-18-14-21(25(33)23(32)15-18)27(37)35-12-10-30(11-13-35)17-36(24-9-8-20(31)16-22(24)30)28(38)26(34-29(39)40-2)19-6-4-3-5-7-19/h3-9,14-16,26H,10-13,17H2,1-2H3,(H,34,39)/t26-/m1/s1. The number of amides is 3. The number of methoxy groups -OCH3 is 1. The molecule has 1 N–H and O–H groups in total. The number of nitrogens with zero attached hydrogens (tertiary/aromatic N) is 2. The van der Waals surface area contributed by atoms with Crippen molar-refractivity contribution in [1.82, 2.24) is 10.2 Å². The molecule has 7 nitrogen and oxygen atoms in total. The highest BCUT2D eigenvalue weighted by Gasteiger charge is 2.48. The minimum absolute atomic E-state index is 0.201. The molecule has 3 aromatic rings. The van der Waals surface area contributed by atoms with Gasteiger partial charge in [-0.1, -0.05) is 30.3 Å². The predicted octanol–water partition coefficient (Wildman–Crippen LogP) is 5.03. The number of fused-ring (bicyclic) bond motifs is 2. The van der Waals surface area contributed by atoms with Crippen molar-refractivity contribution < 1.29 is 32.3 Å². The van der Waals surface area contributed by atoms with E-state index in [0.29, 0.717) is 35.2 Å². The van der Waals surface area contributed by atoms with Crippen molar-refractivity contribution in [3.63, 3.8) is 0 Å². The molecule has 0 unspecified atom stereocenters. The van der Waals surface area contributed by atoms with Crippen LogP contribution in [0.2, 0.25) is 0 Å². The molecule has 5 rings (SSSR count). The normalized spacial score (nSPS) is 16.4. The van der Waals surface area contributed by atoms with Gasteiger partial charge in [-0.2, -0.15) is 0 Å². The largest absolute Gasteiger partial charge is 0.453 e. The summed E-state index contributed by atoms with van der Waals surface area (Å²) >= 11 is 0. The second kappa shape index (κ2) is 10.7. The van der Waals surface area contributed by atoms with Crippen LogP contribution in [-0.4, -0.2) is 49.6 Å². The van der Waals surface area contributed by atoms with E-state index in [1.807, 2.05) is 0 Å². The van der Waals surface area contributed by atoms with Gasteiger partial charge in [0.05, 0.1) is 12.7 Å². The molecule has 2 aliphatic rings. The molecule has 2 heterocycles. The van der Waals surface area contributed by atoms with Crippen LogP contribution in [0, 0.1) is 24.4 Å². The van der Waals surface area contributed by atoms with E-state index in [-0.39, 0.29) is 25.2 Å². The van der Waals surface area contributed by atoms with Gasteiger partial charge in [0.2, 0.25) is 0 Å². The van der Waals surface area contributed by atoms with E-state index in [0.717, 1.165) is 6.07 Å². The van der Waals surface area contributed by atoms with E-state index in [1.54, 1.807) is 43.3 Å². The molecule has 0 aliphatic carbocycles. The van der Waals surface area contributed by atoms with Crippen molar-refractivity contribution in [3.8, 4) is 0 Å². The molecule has 1 fully saturated rings. The zero-order valence-corrected chi connectivity index (χ0v) is 22.0. The van der Waals surface area contributed by atoms with E-state index >= 15 is 0 Å². The minimum atomic E-state index is -1.19. The van der Waals surface area contributed by atoms with Gasteiger partial charge in [0.1, 0.15) is 11.9 Å². The fraction of sp³-hybridized carbons (Fsp3) is 0.300. The van der Waals surface area contributed by atoms with Gasteiger partial charge in [-0.3, -0.25) is 9.59 Å². The van der Waals surface area contributed by atoms with E-state index in [4.69, 9.17) is 4.74 Å². The number of carbonyl (C=O) groups excluding carboxylic acids is 3. The lowest BCUT2D eigenvalue weighted by molar-refractivity contribution is -0.120. The van der Waals surface area contributed by atoms with Gasteiger partial charge < -0.3 is 19.9 Å². The number of anilines is 1. The quantitative estimate of drug-likeness (QED) is 0.494. The van der Waals surface area contributed by atoms with Crippen molar-refractivity contribution in [2.24, 2.45) is 0 Å². The number of nitrogens with one attached hydrogen (secondary N) is 1. The number of halogens is 3. The summed E-state index contributed by atoms with van der Waals surface area (Å²) in [5.74, 6) is -3.77. The highest BCUT2D eigenvalue weighted by Crippen LogP contribution is 2.48. The maximum absolute atomic E-state index is 14.5. The van der Waals surface area contributed by atoms with Crippen LogP contribution in [0.25, 0.3) is 0 Å². The Kier molecular flexibility index (Phi) is 7.27. The first kappa shape index (κ1) is 27.2. The van der Waals surface area contributed by atoms with E-state index < -0.39 is 46.8 Å². The zero-order chi connectivity index (χ0) is 28.6. The summed E-state index contributed by atoms with van der Waals surface area (Å²) in [5, 5.41) is 2.60. The van der Waals surface area contributed by atoms with Crippen LogP contribution in [0.3, 0.4) is 0 Å². The van der Waals surface area contributed by atoms with Gasteiger partial charge in [0, 0.05) is 30.7 Å². The van der Waals surface area contributed by atoms with Crippen molar-refractivity contribution >= 4 is 23.6 Å². The number of ether oxygens (including phenoxy) is 1. The number of carbonyl (C=O) groups is 3. The SMILES string of the molecule is COC(=O)N[C@@H](C(=O)N1CC2(CCN(C(=O)c3cc(C)cc(F)c3F)CC2)c2cc(F)ccc21)c1ccccc1. The highest BCUT2D eigenvalue weighted by molar-refractivity contribution is 6.01. The maximum Gasteiger partial charge on any atom is 0.407 e. The fourth-order valence-electron chi connectivity index (χ4n) is 5.72. The lowest BCUT2D eigenvalue weighted by Crippen LogP contribution is -2.49. The summed E-state index contributed by atoms with van der Waals surface area (Å²) in [7, 11) is 1.21. The Bertz CT molecular complexity index is 1470. The first-order valence-electron chi connectivity index (χ1n) is 12.9. The lowest BCUT2D eigenvalue weighted by Gasteiger charge is -2.40. The number of hydrogen-bond acceptors (Lipinski definition) is 4. The molecule has 0 aromatic heterocycles. The average molecular weight is 552 g/mol. The van der Waals surface area contributed by atoms with Crippen LogP contribution in [0.15, 0.2) is 60.7 Å². The van der Waals surface area contributed by atoms with E-state index in [9.17, 15) is 27.6 Å². The first-order chi connectivity index (χ1) is 19.1. The van der Waals surface area contributed by atoms with Crippen LogP contribution in [0.1, 0.15) is 45.9 Å². The molecule has 40 heavy (non-hydrogen) atoms. The van der Waals surface area contributed by atoms with Gasteiger partial charge in [0.25, 0.3) is 11.8 Å². The van der Waals surface area contributed by atoms with Crippen LogP contribution < -0.4 is 10.2 Å². The summed E-state index contributed by atoms with van der Waals surface area (Å²) in [5.41, 5.74) is 1.13. The zero-order valence-electron chi connectivity index (χ0n) is 22.0. The fourth-order valence-corrected chi connectivity index (χ4v) is 5.72. The number of alkyl carbamates (subject to hydrolysis) is 1. The molecule has 10 heteroatoms. The molecule has 0 saturated carbocycles. The van der Waals surface area contributed by atoms with Crippen LogP contribution in [0.5, 0.6) is 0 Å². The Morgan fingerprint density at radius 2 is 1.68 bits per heavy atom. The maximum atomic E-state index is 14.5. The van der Waals surface area contributed by atoms with Crippen molar-refractivity contribution in [2.75, 3.05) is 31.6 Å². The highest BCUT2D eigenvalue weighted by atomic mass is 19.2. The van der Waals surface area contributed by atoms with Crippen LogP contribution >= 0.6 is 0 Å². The topological polar surface area (TPSA) is 79.0 Å². The van der Waals surface area contributed by atoms with E-state index in [1.165, 1.54) is 35.1 Å². The lowest BCUT2D eigenvalue weighted by atomic mass is 9.74. The summed E-state index contributed by atoms with van der Waals surface area (Å²) in [6.07, 6.45) is -0.0351. The Morgan fingerprint density at radius 3 is 2.35 bits per heavy atom. The molecule has 3 amide bonds. The summed E-state index contributed by atoms with van der Waals surface area (Å²) in [4.78, 5) is 42.2. The Morgan fingerprint density at radius 1 is 0.975 bits per heavy atom. The van der Waals surface area contributed by atoms with Gasteiger partial charge in [-0.25, -0.2) is 18.0 Å². The van der Waals surface area contributed by atoms with Crippen molar-refractivity contribution in [2.45, 2.75) is 31.2 Å². The smallest absolute Gasteiger partial charge is 0.407 e. The number of likely N-dealkylation sites (tertiary alicyclic amines) is 1. The summed E-state index contributed by atoms with van der Waals surface area (Å²) < 4.78 is 47.7. The summed E-state index contributed by atoms with van der Waals surface area (Å²) in [6, 6.07) is 14.2. The molecule has 2 aliphatic heterocycles. The number of piperidine rings is 1. The number of rotatable bonds is 4. The molecular formula is C30H28F3N3O4. The molecule has 0 radical (unpaired) electrons. The van der Waals surface area contributed by atoms with Gasteiger partial charge >= 0.3 is 6.09 Å². The molecule has 0 bridgehead atoms. The monoisotopic (exact) mass is 551 g/mol. The third kappa shape index (κ3) is 4.89. The van der Waals surface area contributed by atoms with Gasteiger partial charge in [-0.15, -0.1) is 0 Å². The number of aryl methyl sites for hydroxylation is 1. The molecular weight excluding hydrogens is 523 g/mol. The Balaban J connectivity index is 1.43. The third-order valence-electron chi connectivity index (χ3n) is 7.79. The summed E-state index contributed by atoms with van der Waals surface area (Å²) in [6.45, 7) is 2.19.